The van der Waals surface area contributed by atoms with Crippen molar-refractivity contribution < 1.29 is 14.7 Å². The highest BCUT2D eigenvalue weighted by Gasteiger charge is 2.66. The first kappa shape index (κ1) is 18.2. The molecule has 26 heavy (non-hydrogen) atoms. The Labute approximate surface area is 157 Å². The van der Waals surface area contributed by atoms with E-state index in [1.807, 2.05) is 0 Å². The molecule has 0 heterocycles. The van der Waals surface area contributed by atoms with Crippen LogP contribution in [-0.4, -0.2) is 22.3 Å². The fourth-order valence-corrected chi connectivity index (χ4v) is 8.07. The fraction of sp³-hybridized carbons (Fsp3) is 0.826. The molecule has 0 amide bonds. The molecule has 0 aliphatic heterocycles. The first-order valence-corrected chi connectivity index (χ1v) is 10.5. The summed E-state index contributed by atoms with van der Waals surface area (Å²) in [4.78, 5) is 24.4. The summed E-state index contributed by atoms with van der Waals surface area (Å²) in [5.41, 5.74) is -1.10. The number of rotatable bonds is 2. The Bertz CT molecular complexity index is 675. The second kappa shape index (κ2) is 5.93. The molecule has 142 valence electrons. The van der Waals surface area contributed by atoms with Gasteiger partial charge < -0.3 is 5.11 Å². The summed E-state index contributed by atoms with van der Waals surface area (Å²) < 4.78 is 0. The zero-order valence-corrected chi connectivity index (χ0v) is 16.2. The zero-order chi connectivity index (χ0) is 18.7. The Kier molecular flexibility index (Phi) is 4.16. The standard InChI is InChI=1S/C23H32O3/c1-4-10-22-12-7-16(25)14-23(22,26)13-8-17-19-6-5-18(15(2)24)21(19,3)11-9-20(17)22/h1,17-20,26H,5-14H2,2-3H3/t17-,18+,19-,20-,21+,22+,23+/m0/s1. The predicted molar refractivity (Wildman–Crippen MR) is 100 cm³/mol. The van der Waals surface area contributed by atoms with Gasteiger partial charge in [-0.05, 0) is 75.0 Å². The van der Waals surface area contributed by atoms with E-state index in [-0.39, 0.29) is 29.0 Å². The van der Waals surface area contributed by atoms with E-state index in [0.29, 0.717) is 42.8 Å². The number of Topliss-reactive ketones (excluding diaryl/α,β-unsaturated/α-hetero) is 2. The molecule has 0 aromatic heterocycles. The lowest BCUT2D eigenvalue weighted by atomic mass is 9.42. The van der Waals surface area contributed by atoms with E-state index in [9.17, 15) is 14.7 Å². The van der Waals surface area contributed by atoms with Crippen LogP contribution in [0.2, 0.25) is 0 Å². The van der Waals surface area contributed by atoms with E-state index in [4.69, 9.17) is 6.42 Å². The number of hydrogen-bond donors (Lipinski definition) is 1. The molecule has 4 aliphatic carbocycles. The summed E-state index contributed by atoms with van der Waals surface area (Å²) >= 11 is 0. The van der Waals surface area contributed by atoms with Crippen LogP contribution in [0.5, 0.6) is 0 Å². The van der Waals surface area contributed by atoms with Gasteiger partial charge in [-0.15, -0.1) is 12.3 Å². The van der Waals surface area contributed by atoms with Gasteiger partial charge in [0.25, 0.3) is 0 Å². The number of carbonyl (C=O) groups excluding carboxylic acids is 2. The van der Waals surface area contributed by atoms with Crippen molar-refractivity contribution in [3.8, 4) is 12.3 Å². The maximum Gasteiger partial charge on any atom is 0.135 e. The molecule has 0 radical (unpaired) electrons. The lowest BCUT2D eigenvalue weighted by molar-refractivity contribution is -0.209. The van der Waals surface area contributed by atoms with Gasteiger partial charge in [-0.3, -0.25) is 9.59 Å². The van der Waals surface area contributed by atoms with E-state index in [1.165, 1.54) is 0 Å². The van der Waals surface area contributed by atoms with Gasteiger partial charge in [0.2, 0.25) is 0 Å². The number of aliphatic hydroxyl groups is 1. The van der Waals surface area contributed by atoms with Crippen LogP contribution in [-0.2, 0) is 9.59 Å². The fourth-order valence-electron chi connectivity index (χ4n) is 8.07. The summed E-state index contributed by atoms with van der Waals surface area (Å²) in [6.45, 7) is 4.10. The molecule has 0 saturated heterocycles. The second-order valence-electron chi connectivity index (χ2n) is 9.98. The number of ketones is 2. The first-order valence-electron chi connectivity index (χ1n) is 10.5. The third-order valence-electron chi connectivity index (χ3n) is 9.21. The number of carbonyl (C=O) groups is 2. The highest BCUT2D eigenvalue weighted by Crippen LogP contribution is 2.69. The Morgan fingerprint density at radius 3 is 2.65 bits per heavy atom. The SMILES string of the molecule is C#CC[C@]12CCC(=O)C[C@]1(O)CC[C@H]1[C@@H]3CC[C@H](C(C)=O)[C@@]3(C)CC[C@@H]12. The van der Waals surface area contributed by atoms with Crippen molar-refractivity contribution >= 4 is 11.6 Å². The topological polar surface area (TPSA) is 54.4 Å². The van der Waals surface area contributed by atoms with Crippen molar-refractivity contribution in [2.45, 2.75) is 83.7 Å². The minimum absolute atomic E-state index is 0.115. The summed E-state index contributed by atoms with van der Waals surface area (Å²) in [5, 5.41) is 11.6. The van der Waals surface area contributed by atoms with E-state index in [2.05, 4.69) is 12.8 Å². The van der Waals surface area contributed by atoms with E-state index in [0.717, 1.165) is 38.5 Å². The average molecular weight is 357 g/mol. The minimum Gasteiger partial charge on any atom is -0.389 e. The third-order valence-corrected chi connectivity index (χ3v) is 9.21. The van der Waals surface area contributed by atoms with Gasteiger partial charge in [0.05, 0.1) is 5.60 Å². The summed E-state index contributed by atoms with van der Waals surface area (Å²) in [5.74, 6) is 5.11. The van der Waals surface area contributed by atoms with Gasteiger partial charge in [-0.25, -0.2) is 0 Å². The van der Waals surface area contributed by atoms with E-state index in [1.54, 1.807) is 6.92 Å². The predicted octanol–water partition coefficient (Wildman–Crippen LogP) is 3.92. The van der Waals surface area contributed by atoms with E-state index >= 15 is 0 Å². The van der Waals surface area contributed by atoms with Crippen LogP contribution in [0.25, 0.3) is 0 Å². The molecule has 4 rings (SSSR count). The molecule has 3 nitrogen and oxygen atoms in total. The molecule has 0 unspecified atom stereocenters. The van der Waals surface area contributed by atoms with Crippen LogP contribution in [0, 0.1) is 46.8 Å². The zero-order valence-electron chi connectivity index (χ0n) is 16.2. The summed E-state index contributed by atoms with van der Waals surface area (Å²) in [7, 11) is 0. The Morgan fingerprint density at radius 1 is 1.19 bits per heavy atom. The molecule has 4 saturated carbocycles. The normalized spacial score (nSPS) is 50.3. The molecular formula is C23H32O3. The molecule has 0 aromatic rings. The molecule has 4 fully saturated rings. The maximum atomic E-state index is 12.2. The molecule has 0 spiro atoms. The molecule has 4 aliphatic rings. The van der Waals surface area contributed by atoms with Gasteiger partial charge in [0.1, 0.15) is 11.6 Å². The molecule has 1 N–H and O–H groups in total. The van der Waals surface area contributed by atoms with Crippen molar-refractivity contribution in [2.75, 3.05) is 0 Å². The van der Waals surface area contributed by atoms with Crippen molar-refractivity contribution in [3.05, 3.63) is 0 Å². The van der Waals surface area contributed by atoms with Crippen molar-refractivity contribution in [1.29, 1.82) is 0 Å². The average Bonchev–Trinajstić information content (AvgIpc) is 2.93. The third kappa shape index (κ3) is 2.24. The highest BCUT2D eigenvalue weighted by atomic mass is 16.3. The van der Waals surface area contributed by atoms with Gasteiger partial charge in [0.15, 0.2) is 0 Å². The molecule has 3 heteroatoms. The summed E-state index contributed by atoms with van der Waals surface area (Å²) in [6, 6.07) is 0. The van der Waals surface area contributed by atoms with Crippen LogP contribution in [0.3, 0.4) is 0 Å². The Morgan fingerprint density at radius 2 is 1.96 bits per heavy atom. The molecule has 7 atom stereocenters. The van der Waals surface area contributed by atoms with Crippen molar-refractivity contribution in [3.63, 3.8) is 0 Å². The smallest absolute Gasteiger partial charge is 0.135 e. The molecule has 0 aromatic carbocycles. The first-order chi connectivity index (χ1) is 12.3. The Hall–Kier alpha value is -1.14. The quantitative estimate of drug-likeness (QED) is 0.763. The molecule has 0 bridgehead atoms. The largest absolute Gasteiger partial charge is 0.389 e. The lowest BCUT2D eigenvalue weighted by Gasteiger charge is -2.63. The van der Waals surface area contributed by atoms with Crippen LogP contribution < -0.4 is 0 Å². The second-order valence-corrected chi connectivity index (χ2v) is 9.98. The maximum absolute atomic E-state index is 12.2. The van der Waals surface area contributed by atoms with Crippen LogP contribution >= 0.6 is 0 Å². The van der Waals surface area contributed by atoms with E-state index < -0.39 is 5.60 Å². The number of hydrogen-bond acceptors (Lipinski definition) is 3. The highest BCUT2D eigenvalue weighted by molar-refractivity contribution is 5.81. The van der Waals surface area contributed by atoms with Crippen molar-refractivity contribution in [2.24, 2.45) is 34.5 Å². The van der Waals surface area contributed by atoms with Gasteiger partial charge >= 0.3 is 0 Å². The minimum atomic E-state index is -0.914. The monoisotopic (exact) mass is 356 g/mol. The van der Waals surface area contributed by atoms with Crippen LogP contribution in [0.15, 0.2) is 0 Å². The van der Waals surface area contributed by atoms with Crippen LogP contribution in [0.4, 0.5) is 0 Å². The van der Waals surface area contributed by atoms with Gasteiger partial charge in [0, 0.05) is 30.6 Å². The van der Waals surface area contributed by atoms with Crippen molar-refractivity contribution in [1.82, 2.24) is 0 Å². The Balaban J connectivity index is 1.71. The van der Waals surface area contributed by atoms with Crippen LogP contribution in [0.1, 0.15) is 78.1 Å². The summed E-state index contributed by atoms with van der Waals surface area (Å²) in [6.07, 6.45) is 13.9. The number of terminal acetylenes is 1. The van der Waals surface area contributed by atoms with Gasteiger partial charge in [-0.1, -0.05) is 6.92 Å². The lowest BCUT2D eigenvalue weighted by Crippen LogP contribution is -2.63. The van der Waals surface area contributed by atoms with Gasteiger partial charge in [-0.2, -0.15) is 0 Å². The molecular weight excluding hydrogens is 324 g/mol. The number of fused-ring (bicyclic) bond motifs is 5.